The molecular weight excluding hydrogens is 210 g/mol. The molecule has 0 saturated carbocycles. The minimum atomic E-state index is -3.21. The Bertz CT molecular complexity index is 372. The predicted molar refractivity (Wildman–Crippen MR) is 53.6 cm³/mol. The maximum absolute atomic E-state index is 11.4. The molecule has 0 heterocycles. The molecule has 1 rings (SSSR count). The third kappa shape index (κ3) is 2.60. The van der Waals surface area contributed by atoms with E-state index in [9.17, 15) is 8.42 Å². The summed E-state index contributed by atoms with van der Waals surface area (Å²) in [6.07, 6.45) is 0. The minimum Gasteiger partial charge on any atom is -0.399 e. The zero-order valence-corrected chi connectivity index (χ0v) is 8.48. The summed E-state index contributed by atoms with van der Waals surface area (Å²) in [4.78, 5) is 0.266. The van der Waals surface area contributed by atoms with Crippen molar-refractivity contribution in [2.75, 3.05) is 17.4 Å². The highest BCUT2D eigenvalue weighted by Crippen LogP contribution is 2.13. The molecule has 72 valence electrons. The number of benzene rings is 1. The lowest BCUT2D eigenvalue weighted by Gasteiger charge is -2.01. The number of rotatable bonds is 3. The van der Waals surface area contributed by atoms with Gasteiger partial charge < -0.3 is 5.73 Å². The Morgan fingerprint density at radius 3 is 2.23 bits per heavy atom. The first-order valence-electron chi connectivity index (χ1n) is 3.70. The lowest BCUT2D eigenvalue weighted by molar-refractivity contribution is 0.597. The number of alkyl halides is 1. The van der Waals surface area contributed by atoms with Crippen molar-refractivity contribution in [2.45, 2.75) is 4.90 Å². The summed E-state index contributed by atoms with van der Waals surface area (Å²) in [7, 11) is -3.21. The Hall–Kier alpha value is -0.740. The van der Waals surface area contributed by atoms with Crippen LogP contribution in [0.2, 0.25) is 0 Å². The van der Waals surface area contributed by atoms with E-state index < -0.39 is 9.84 Å². The molecule has 0 spiro atoms. The van der Waals surface area contributed by atoms with Crippen molar-refractivity contribution in [3.05, 3.63) is 24.3 Å². The molecule has 0 aliphatic heterocycles. The van der Waals surface area contributed by atoms with Gasteiger partial charge in [0.25, 0.3) is 0 Å². The van der Waals surface area contributed by atoms with Crippen LogP contribution in [0.3, 0.4) is 0 Å². The number of halogens is 1. The van der Waals surface area contributed by atoms with Crippen LogP contribution in [-0.4, -0.2) is 20.1 Å². The van der Waals surface area contributed by atoms with Crippen molar-refractivity contribution in [3.63, 3.8) is 0 Å². The van der Waals surface area contributed by atoms with Crippen LogP contribution in [0.25, 0.3) is 0 Å². The molecule has 1 aromatic rings. The van der Waals surface area contributed by atoms with E-state index in [1.165, 1.54) is 12.1 Å². The molecule has 0 radical (unpaired) electrons. The maximum atomic E-state index is 11.4. The zero-order valence-electron chi connectivity index (χ0n) is 6.90. The highest BCUT2D eigenvalue weighted by Gasteiger charge is 2.12. The highest BCUT2D eigenvalue weighted by atomic mass is 35.5. The van der Waals surface area contributed by atoms with E-state index in [4.69, 9.17) is 17.3 Å². The third-order valence-electron chi connectivity index (χ3n) is 1.59. The van der Waals surface area contributed by atoms with Gasteiger partial charge in [-0.2, -0.15) is 0 Å². The maximum Gasteiger partial charge on any atom is 0.179 e. The summed E-state index contributed by atoms with van der Waals surface area (Å²) in [5.74, 6) is 0.0607. The van der Waals surface area contributed by atoms with Crippen LogP contribution in [0.1, 0.15) is 0 Å². The normalized spacial score (nSPS) is 11.5. The van der Waals surface area contributed by atoms with Gasteiger partial charge >= 0.3 is 0 Å². The van der Waals surface area contributed by atoms with E-state index in [-0.39, 0.29) is 16.5 Å². The highest BCUT2D eigenvalue weighted by molar-refractivity contribution is 7.91. The molecule has 0 bridgehead atoms. The predicted octanol–water partition coefficient (Wildman–Crippen LogP) is 1.28. The fraction of sp³-hybridized carbons (Fsp3) is 0.250. The molecule has 0 aromatic heterocycles. The molecule has 0 fully saturated rings. The monoisotopic (exact) mass is 219 g/mol. The van der Waals surface area contributed by atoms with Crippen molar-refractivity contribution in [1.82, 2.24) is 0 Å². The van der Waals surface area contributed by atoms with Crippen LogP contribution in [0.15, 0.2) is 29.2 Å². The van der Waals surface area contributed by atoms with E-state index in [0.29, 0.717) is 5.69 Å². The van der Waals surface area contributed by atoms with Crippen molar-refractivity contribution >= 4 is 27.1 Å². The first-order valence-corrected chi connectivity index (χ1v) is 5.89. The van der Waals surface area contributed by atoms with Gasteiger partial charge in [-0.05, 0) is 24.3 Å². The fourth-order valence-electron chi connectivity index (χ4n) is 0.895. The summed E-state index contributed by atoms with van der Waals surface area (Å²) >= 11 is 5.36. The number of anilines is 1. The van der Waals surface area contributed by atoms with Crippen LogP contribution in [0, 0.1) is 0 Å². The van der Waals surface area contributed by atoms with Gasteiger partial charge in [0, 0.05) is 11.6 Å². The third-order valence-corrected chi connectivity index (χ3v) is 3.73. The quantitative estimate of drug-likeness (QED) is 0.616. The number of hydrogen-bond acceptors (Lipinski definition) is 3. The molecule has 3 nitrogen and oxygen atoms in total. The van der Waals surface area contributed by atoms with Gasteiger partial charge in [0.15, 0.2) is 9.84 Å². The molecule has 0 aliphatic carbocycles. The number of sulfone groups is 1. The van der Waals surface area contributed by atoms with Crippen LogP contribution >= 0.6 is 11.6 Å². The van der Waals surface area contributed by atoms with E-state index in [1.54, 1.807) is 12.1 Å². The van der Waals surface area contributed by atoms with Crippen molar-refractivity contribution < 1.29 is 8.42 Å². The molecule has 2 N–H and O–H groups in total. The molecule has 0 saturated heterocycles. The molecule has 0 aliphatic rings. The van der Waals surface area contributed by atoms with Crippen LogP contribution in [0.5, 0.6) is 0 Å². The SMILES string of the molecule is Nc1ccc(S(=O)(=O)CCCl)cc1. The lowest BCUT2D eigenvalue weighted by Crippen LogP contribution is -2.07. The van der Waals surface area contributed by atoms with E-state index in [1.807, 2.05) is 0 Å². The smallest absolute Gasteiger partial charge is 0.179 e. The van der Waals surface area contributed by atoms with Crippen LogP contribution in [0.4, 0.5) is 5.69 Å². The summed E-state index contributed by atoms with van der Waals surface area (Å²) in [5, 5.41) is 0. The second-order valence-electron chi connectivity index (χ2n) is 2.58. The van der Waals surface area contributed by atoms with Crippen LogP contribution in [-0.2, 0) is 9.84 Å². The van der Waals surface area contributed by atoms with E-state index in [2.05, 4.69) is 0 Å². The van der Waals surface area contributed by atoms with Gasteiger partial charge in [-0.1, -0.05) is 0 Å². The van der Waals surface area contributed by atoms with Gasteiger partial charge in [0.05, 0.1) is 10.6 Å². The first kappa shape index (κ1) is 10.3. The molecule has 1 aromatic carbocycles. The zero-order chi connectivity index (χ0) is 9.90. The second-order valence-corrected chi connectivity index (χ2v) is 5.06. The summed E-state index contributed by atoms with van der Waals surface area (Å²) < 4.78 is 22.8. The Kier molecular flexibility index (Phi) is 3.17. The number of nitrogen functional groups attached to an aromatic ring is 1. The Morgan fingerprint density at radius 1 is 1.23 bits per heavy atom. The topological polar surface area (TPSA) is 60.2 Å². The fourth-order valence-corrected chi connectivity index (χ4v) is 2.49. The number of nitrogens with two attached hydrogens (primary N) is 1. The van der Waals surface area contributed by atoms with E-state index in [0.717, 1.165) is 0 Å². The van der Waals surface area contributed by atoms with Gasteiger partial charge in [-0.3, -0.25) is 0 Å². The average molecular weight is 220 g/mol. The summed E-state index contributed by atoms with van der Waals surface area (Å²) in [5.41, 5.74) is 5.97. The lowest BCUT2D eigenvalue weighted by atomic mass is 10.3. The summed E-state index contributed by atoms with van der Waals surface area (Å²) in [6.45, 7) is 0. The van der Waals surface area contributed by atoms with Gasteiger partial charge in [0.2, 0.25) is 0 Å². The molecule has 0 amide bonds. The van der Waals surface area contributed by atoms with Gasteiger partial charge in [-0.15, -0.1) is 11.6 Å². The Morgan fingerprint density at radius 2 is 1.77 bits per heavy atom. The second kappa shape index (κ2) is 3.98. The molecular formula is C8H10ClNO2S. The molecule has 13 heavy (non-hydrogen) atoms. The van der Waals surface area contributed by atoms with Gasteiger partial charge in [0.1, 0.15) is 0 Å². The van der Waals surface area contributed by atoms with Crippen LogP contribution < -0.4 is 5.73 Å². The largest absolute Gasteiger partial charge is 0.399 e. The average Bonchev–Trinajstić information content (AvgIpc) is 2.05. The Balaban J connectivity index is 3.02. The van der Waals surface area contributed by atoms with E-state index >= 15 is 0 Å². The molecule has 0 atom stereocenters. The van der Waals surface area contributed by atoms with Crippen molar-refractivity contribution in [2.24, 2.45) is 0 Å². The number of hydrogen-bond donors (Lipinski definition) is 1. The molecule has 0 unspecified atom stereocenters. The standard InChI is InChI=1S/C8H10ClNO2S/c9-5-6-13(11,12)8-3-1-7(10)2-4-8/h1-4H,5-6,10H2. The summed E-state index contributed by atoms with van der Waals surface area (Å²) in [6, 6.07) is 6.08. The first-order chi connectivity index (χ1) is 6.06. The van der Waals surface area contributed by atoms with Crippen molar-refractivity contribution in [1.29, 1.82) is 0 Å². The van der Waals surface area contributed by atoms with Crippen molar-refractivity contribution in [3.8, 4) is 0 Å². The molecule has 5 heteroatoms. The minimum absolute atomic E-state index is 0.0432. The van der Waals surface area contributed by atoms with Gasteiger partial charge in [-0.25, -0.2) is 8.42 Å². The Labute approximate surface area is 82.4 Å².